The summed E-state index contributed by atoms with van der Waals surface area (Å²) in [7, 11) is 1.86. The Morgan fingerprint density at radius 2 is 2.20 bits per heavy atom. The summed E-state index contributed by atoms with van der Waals surface area (Å²) in [6, 6.07) is 7.73. The van der Waals surface area contributed by atoms with Gasteiger partial charge >= 0.3 is 6.03 Å². The van der Waals surface area contributed by atoms with Gasteiger partial charge in [0.15, 0.2) is 5.82 Å². The fourth-order valence-corrected chi connectivity index (χ4v) is 2.56. The number of urea groups is 1. The highest BCUT2D eigenvalue weighted by Gasteiger charge is 2.25. The molecule has 0 saturated heterocycles. The Bertz CT molecular complexity index is 636. The predicted molar refractivity (Wildman–Crippen MR) is 75.4 cm³/mol. The van der Waals surface area contributed by atoms with Crippen LogP contribution in [0.3, 0.4) is 0 Å². The highest BCUT2D eigenvalue weighted by atomic mass is 16.2. The number of rotatable bonds is 2. The van der Waals surface area contributed by atoms with Crippen LogP contribution in [0.5, 0.6) is 0 Å². The monoisotopic (exact) mass is 271 g/mol. The molecule has 104 valence electrons. The van der Waals surface area contributed by atoms with E-state index in [0.717, 1.165) is 24.5 Å². The van der Waals surface area contributed by atoms with Crippen molar-refractivity contribution >= 4 is 11.7 Å². The first-order valence-corrected chi connectivity index (χ1v) is 6.66. The summed E-state index contributed by atoms with van der Waals surface area (Å²) in [4.78, 5) is 14.2. The van der Waals surface area contributed by atoms with Crippen LogP contribution in [-0.2, 0) is 13.5 Å². The minimum atomic E-state index is -0.178. The molecule has 20 heavy (non-hydrogen) atoms. The number of hydrogen-bond acceptors (Lipinski definition) is 3. The molecule has 0 aliphatic carbocycles. The van der Waals surface area contributed by atoms with E-state index in [1.807, 2.05) is 36.7 Å². The fraction of sp³-hybridized carbons (Fsp3) is 0.357. The number of para-hydroxylation sites is 1. The van der Waals surface area contributed by atoms with Crippen LogP contribution in [0.4, 0.5) is 10.5 Å². The number of aromatic nitrogens is 3. The van der Waals surface area contributed by atoms with Crippen LogP contribution in [0.1, 0.15) is 24.4 Å². The van der Waals surface area contributed by atoms with E-state index in [0.29, 0.717) is 0 Å². The van der Waals surface area contributed by atoms with Crippen LogP contribution in [0, 0.1) is 0 Å². The minimum absolute atomic E-state index is 0.0922. The summed E-state index contributed by atoms with van der Waals surface area (Å²) in [5.41, 5.74) is 2.21. The van der Waals surface area contributed by atoms with Gasteiger partial charge < -0.3 is 9.88 Å². The molecule has 1 aliphatic heterocycles. The molecule has 0 saturated carbocycles. The zero-order chi connectivity index (χ0) is 14.1. The van der Waals surface area contributed by atoms with Crippen molar-refractivity contribution in [3.63, 3.8) is 0 Å². The van der Waals surface area contributed by atoms with Gasteiger partial charge in [-0.05, 0) is 25.0 Å². The molecule has 1 atom stereocenters. The molecule has 0 radical (unpaired) electrons. The van der Waals surface area contributed by atoms with E-state index in [1.165, 1.54) is 5.56 Å². The lowest BCUT2D eigenvalue weighted by molar-refractivity contribution is 0.243. The van der Waals surface area contributed by atoms with Gasteiger partial charge in [-0.1, -0.05) is 18.2 Å². The Morgan fingerprint density at radius 3 is 2.95 bits per heavy atom. The third-order valence-corrected chi connectivity index (χ3v) is 3.61. The maximum absolute atomic E-state index is 12.4. The van der Waals surface area contributed by atoms with Crippen molar-refractivity contribution in [2.24, 2.45) is 7.05 Å². The first-order valence-electron chi connectivity index (χ1n) is 6.66. The SMILES string of the molecule is C[C@@H](NC(=O)N1CCc2ccccc21)c1nncn1C. The second kappa shape index (κ2) is 4.96. The van der Waals surface area contributed by atoms with Crippen LogP contribution in [0.2, 0.25) is 0 Å². The van der Waals surface area contributed by atoms with Gasteiger partial charge in [-0.15, -0.1) is 10.2 Å². The standard InChI is InChI=1S/C14H17N5O/c1-10(13-17-15-9-18(13)2)16-14(20)19-8-7-11-5-3-4-6-12(11)19/h3-6,9-10H,7-8H2,1-2H3,(H,16,20)/t10-/m1/s1. The molecule has 0 unspecified atom stereocenters. The van der Waals surface area contributed by atoms with E-state index in [4.69, 9.17) is 0 Å². The molecule has 1 aromatic heterocycles. The molecular formula is C14H17N5O. The Kier molecular flexibility index (Phi) is 3.14. The number of nitrogens with one attached hydrogen (secondary N) is 1. The molecule has 1 N–H and O–H groups in total. The molecule has 0 fully saturated rings. The summed E-state index contributed by atoms with van der Waals surface area (Å²) in [6.07, 6.45) is 2.53. The smallest absolute Gasteiger partial charge is 0.322 e. The number of anilines is 1. The van der Waals surface area contributed by atoms with E-state index in [-0.39, 0.29) is 12.1 Å². The number of amides is 2. The Labute approximate surface area is 117 Å². The highest BCUT2D eigenvalue weighted by Crippen LogP contribution is 2.27. The van der Waals surface area contributed by atoms with Crippen molar-refractivity contribution in [2.75, 3.05) is 11.4 Å². The summed E-state index contributed by atoms with van der Waals surface area (Å²) < 4.78 is 1.81. The van der Waals surface area contributed by atoms with Crippen molar-refractivity contribution in [1.82, 2.24) is 20.1 Å². The molecule has 6 heteroatoms. The molecule has 2 aromatic rings. The van der Waals surface area contributed by atoms with Crippen molar-refractivity contribution in [2.45, 2.75) is 19.4 Å². The Morgan fingerprint density at radius 1 is 1.40 bits per heavy atom. The van der Waals surface area contributed by atoms with Gasteiger partial charge in [-0.3, -0.25) is 4.90 Å². The van der Waals surface area contributed by atoms with Gasteiger partial charge in [0.05, 0.1) is 6.04 Å². The van der Waals surface area contributed by atoms with E-state index in [9.17, 15) is 4.79 Å². The number of fused-ring (bicyclic) bond motifs is 1. The molecule has 0 spiro atoms. The van der Waals surface area contributed by atoms with Gasteiger partial charge in [-0.2, -0.15) is 0 Å². The Balaban J connectivity index is 1.74. The first-order chi connectivity index (χ1) is 9.66. The Hall–Kier alpha value is -2.37. The van der Waals surface area contributed by atoms with Crippen molar-refractivity contribution in [1.29, 1.82) is 0 Å². The minimum Gasteiger partial charge on any atom is -0.328 e. The fourth-order valence-electron chi connectivity index (χ4n) is 2.56. The van der Waals surface area contributed by atoms with E-state index >= 15 is 0 Å². The highest BCUT2D eigenvalue weighted by molar-refractivity contribution is 5.94. The quantitative estimate of drug-likeness (QED) is 0.903. The number of carbonyl (C=O) groups excluding carboxylic acids is 1. The molecule has 1 aliphatic rings. The van der Waals surface area contributed by atoms with Gasteiger partial charge in [0, 0.05) is 19.3 Å². The predicted octanol–water partition coefficient (Wildman–Crippen LogP) is 1.65. The van der Waals surface area contributed by atoms with Crippen LogP contribution < -0.4 is 10.2 Å². The zero-order valence-corrected chi connectivity index (χ0v) is 11.6. The molecule has 0 bridgehead atoms. The topological polar surface area (TPSA) is 63.1 Å². The van der Waals surface area contributed by atoms with E-state index in [2.05, 4.69) is 21.6 Å². The zero-order valence-electron chi connectivity index (χ0n) is 11.6. The summed E-state index contributed by atoms with van der Waals surface area (Å²) in [6.45, 7) is 2.63. The molecule has 2 heterocycles. The molecule has 1 aromatic carbocycles. The first kappa shape index (κ1) is 12.7. The average molecular weight is 271 g/mol. The summed E-state index contributed by atoms with van der Waals surface area (Å²) in [5.74, 6) is 0.742. The van der Waals surface area contributed by atoms with Crippen LogP contribution in [-0.4, -0.2) is 27.3 Å². The number of aryl methyl sites for hydroxylation is 1. The molecular weight excluding hydrogens is 254 g/mol. The van der Waals surface area contributed by atoms with Gasteiger partial charge in [-0.25, -0.2) is 4.79 Å². The molecule has 3 rings (SSSR count). The van der Waals surface area contributed by atoms with Crippen LogP contribution >= 0.6 is 0 Å². The van der Waals surface area contributed by atoms with E-state index < -0.39 is 0 Å². The maximum atomic E-state index is 12.4. The van der Waals surface area contributed by atoms with E-state index in [1.54, 1.807) is 11.2 Å². The van der Waals surface area contributed by atoms with Crippen molar-refractivity contribution in [3.05, 3.63) is 42.0 Å². The van der Waals surface area contributed by atoms with Crippen LogP contribution in [0.25, 0.3) is 0 Å². The summed E-state index contributed by atoms with van der Waals surface area (Å²) >= 11 is 0. The van der Waals surface area contributed by atoms with Gasteiger partial charge in [0.1, 0.15) is 6.33 Å². The lowest BCUT2D eigenvalue weighted by Crippen LogP contribution is -2.40. The average Bonchev–Trinajstić information content (AvgIpc) is 3.04. The van der Waals surface area contributed by atoms with Gasteiger partial charge in [0.2, 0.25) is 0 Å². The normalized spacial score (nSPS) is 15.0. The second-order valence-electron chi connectivity index (χ2n) is 5.00. The third kappa shape index (κ3) is 2.13. The number of hydrogen-bond donors (Lipinski definition) is 1. The lowest BCUT2D eigenvalue weighted by Gasteiger charge is -2.21. The number of nitrogens with zero attached hydrogens (tertiary/aromatic N) is 4. The van der Waals surface area contributed by atoms with Crippen molar-refractivity contribution in [3.8, 4) is 0 Å². The number of carbonyl (C=O) groups is 1. The molecule has 6 nitrogen and oxygen atoms in total. The van der Waals surface area contributed by atoms with Gasteiger partial charge in [0.25, 0.3) is 0 Å². The third-order valence-electron chi connectivity index (χ3n) is 3.61. The lowest BCUT2D eigenvalue weighted by atomic mass is 10.2. The summed E-state index contributed by atoms with van der Waals surface area (Å²) in [5, 5.41) is 10.8. The van der Waals surface area contributed by atoms with Crippen LogP contribution in [0.15, 0.2) is 30.6 Å². The molecule has 2 amide bonds. The number of benzene rings is 1. The largest absolute Gasteiger partial charge is 0.328 e. The second-order valence-corrected chi connectivity index (χ2v) is 5.00. The van der Waals surface area contributed by atoms with Crippen molar-refractivity contribution < 1.29 is 4.79 Å². The maximum Gasteiger partial charge on any atom is 0.322 e.